The number of nitrogens with zero attached hydrogens (tertiary/aromatic N) is 1. The van der Waals surface area contributed by atoms with Crippen LogP contribution in [0.2, 0.25) is 0 Å². The van der Waals surface area contributed by atoms with Gasteiger partial charge in [0.05, 0.1) is 44.6 Å². The monoisotopic (exact) mass is 439 g/mol. The first-order valence-corrected chi connectivity index (χ1v) is 9.50. The van der Waals surface area contributed by atoms with Gasteiger partial charge in [0.15, 0.2) is 11.5 Å². The van der Waals surface area contributed by atoms with Gasteiger partial charge in [-0.15, -0.1) is 11.8 Å². The zero-order valence-electron chi connectivity index (χ0n) is 16.6. The fraction of sp³-hybridized carbons (Fsp3) is 0.556. The SMILES string of the molecule is COCCOCCOCCOc1cccc(C2=NC(C)(C(=O)[O-])CS2)c1O.[Mg+2].[OH-]. The Morgan fingerprint density at radius 3 is 2.41 bits per heavy atom. The molecule has 0 aromatic heterocycles. The average Bonchev–Trinajstić information content (AvgIpc) is 3.05. The molecule has 2 N–H and O–H groups in total. The van der Waals surface area contributed by atoms with Crippen molar-refractivity contribution < 1.29 is 39.4 Å². The predicted octanol–water partition coefficient (Wildman–Crippen LogP) is -0.105. The van der Waals surface area contributed by atoms with E-state index in [1.54, 1.807) is 25.3 Å². The van der Waals surface area contributed by atoms with Crippen LogP contribution in [0.1, 0.15) is 12.5 Å². The van der Waals surface area contributed by atoms with Gasteiger partial charge in [0.2, 0.25) is 0 Å². The summed E-state index contributed by atoms with van der Waals surface area (Å²) in [5, 5.41) is 22.1. The van der Waals surface area contributed by atoms with Crippen LogP contribution in [0.4, 0.5) is 0 Å². The third-order valence-corrected chi connectivity index (χ3v) is 5.09. The van der Waals surface area contributed by atoms with Gasteiger partial charge in [-0.1, -0.05) is 6.07 Å². The molecule has 0 bridgehead atoms. The molecule has 1 aliphatic heterocycles. The third kappa shape index (κ3) is 8.28. The van der Waals surface area contributed by atoms with E-state index >= 15 is 0 Å². The maximum atomic E-state index is 11.2. The van der Waals surface area contributed by atoms with Crippen molar-refractivity contribution in [3.63, 3.8) is 0 Å². The van der Waals surface area contributed by atoms with Crippen molar-refractivity contribution in [1.82, 2.24) is 0 Å². The second-order valence-corrected chi connectivity index (χ2v) is 6.95. The van der Waals surface area contributed by atoms with Crippen molar-refractivity contribution >= 4 is 45.8 Å². The molecule has 1 aliphatic rings. The van der Waals surface area contributed by atoms with Crippen LogP contribution in [0, 0.1) is 0 Å². The molecule has 1 aromatic carbocycles. The number of carbonyl (C=O) groups is 1. The van der Waals surface area contributed by atoms with E-state index in [1.807, 2.05) is 0 Å². The van der Waals surface area contributed by atoms with E-state index in [0.29, 0.717) is 43.6 Å². The van der Waals surface area contributed by atoms with Gasteiger partial charge in [0.25, 0.3) is 0 Å². The predicted molar refractivity (Wildman–Crippen MR) is 107 cm³/mol. The molecule has 29 heavy (non-hydrogen) atoms. The molecular weight excluding hydrogens is 415 g/mol. The van der Waals surface area contributed by atoms with Gasteiger partial charge in [-0.2, -0.15) is 0 Å². The summed E-state index contributed by atoms with van der Waals surface area (Å²) in [4.78, 5) is 15.4. The number of methoxy groups -OCH3 is 1. The molecule has 158 valence electrons. The maximum absolute atomic E-state index is 11.2. The van der Waals surface area contributed by atoms with Crippen LogP contribution in [-0.4, -0.2) is 103 Å². The number of hydrogen-bond acceptors (Lipinski definition) is 10. The molecule has 0 saturated heterocycles. The average molecular weight is 440 g/mol. The van der Waals surface area contributed by atoms with Crippen molar-refractivity contribution in [3.8, 4) is 11.5 Å². The van der Waals surface area contributed by atoms with Crippen LogP contribution < -0.4 is 9.84 Å². The van der Waals surface area contributed by atoms with Gasteiger partial charge >= 0.3 is 23.1 Å². The Hall–Kier alpha value is -1.08. The number of phenolic OH excluding ortho intramolecular Hbond substituents is 1. The summed E-state index contributed by atoms with van der Waals surface area (Å²) in [6.45, 7) is 4.07. The molecule has 9 nitrogen and oxygen atoms in total. The van der Waals surface area contributed by atoms with Gasteiger partial charge in [0.1, 0.15) is 17.2 Å². The number of carboxylic acid groups (broad SMARTS) is 1. The molecule has 1 atom stereocenters. The first kappa shape index (κ1) is 27.9. The van der Waals surface area contributed by atoms with Crippen LogP contribution in [0.15, 0.2) is 23.2 Å². The smallest absolute Gasteiger partial charge is 0.870 e. The van der Waals surface area contributed by atoms with Crippen molar-refractivity contribution in [2.75, 3.05) is 52.5 Å². The molecule has 1 aromatic rings. The third-order valence-electron chi connectivity index (χ3n) is 3.80. The number of phenols is 1. The number of carbonyl (C=O) groups excluding carboxylic acids is 1. The molecular formula is C18H25MgNO8S. The molecule has 0 aliphatic carbocycles. The summed E-state index contributed by atoms with van der Waals surface area (Å²) < 4.78 is 21.1. The second-order valence-electron chi connectivity index (χ2n) is 5.99. The van der Waals surface area contributed by atoms with Crippen molar-refractivity contribution in [2.45, 2.75) is 12.5 Å². The molecule has 1 unspecified atom stereocenters. The molecule has 0 radical (unpaired) electrons. The fourth-order valence-corrected chi connectivity index (χ4v) is 3.41. The van der Waals surface area contributed by atoms with Gasteiger partial charge < -0.3 is 39.4 Å². The minimum atomic E-state index is -1.29. The van der Waals surface area contributed by atoms with Crippen LogP contribution in [0.25, 0.3) is 0 Å². The summed E-state index contributed by atoms with van der Waals surface area (Å²) in [6, 6.07) is 5.01. The summed E-state index contributed by atoms with van der Waals surface area (Å²) in [5.41, 5.74) is -0.849. The Kier molecular flexibility index (Phi) is 13.5. The van der Waals surface area contributed by atoms with Crippen molar-refractivity contribution in [2.24, 2.45) is 4.99 Å². The molecule has 0 fully saturated rings. The van der Waals surface area contributed by atoms with Crippen LogP contribution in [0.3, 0.4) is 0 Å². The van der Waals surface area contributed by atoms with E-state index in [4.69, 9.17) is 18.9 Å². The van der Waals surface area contributed by atoms with Crippen molar-refractivity contribution in [1.29, 1.82) is 0 Å². The number of hydrogen-bond donors (Lipinski definition) is 1. The Balaban J connectivity index is 0.00000392. The maximum Gasteiger partial charge on any atom is 2.00 e. The molecule has 1 heterocycles. The first-order chi connectivity index (χ1) is 13.0. The molecule has 0 saturated carbocycles. The van der Waals surface area contributed by atoms with E-state index < -0.39 is 11.5 Å². The zero-order valence-corrected chi connectivity index (χ0v) is 18.8. The Morgan fingerprint density at radius 2 is 1.83 bits per heavy atom. The normalized spacial score (nSPS) is 17.8. The molecule has 11 heteroatoms. The minimum Gasteiger partial charge on any atom is -0.870 e. The van der Waals surface area contributed by atoms with E-state index in [-0.39, 0.29) is 52.4 Å². The second kappa shape index (κ2) is 14.0. The van der Waals surface area contributed by atoms with E-state index in [2.05, 4.69) is 4.99 Å². The molecule has 0 amide bonds. The van der Waals surface area contributed by atoms with Crippen LogP contribution in [-0.2, 0) is 19.0 Å². The molecule has 2 rings (SSSR count). The quantitative estimate of drug-likeness (QED) is 0.349. The van der Waals surface area contributed by atoms with Gasteiger partial charge in [0, 0.05) is 12.9 Å². The number of rotatable bonds is 12. The van der Waals surface area contributed by atoms with Gasteiger partial charge in [-0.05, 0) is 19.1 Å². The Morgan fingerprint density at radius 1 is 1.21 bits per heavy atom. The summed E-state index contributed by atoms with van der Waals surface area (Å²) >= 11 is 1.26. The van der Waals surface area contributed by atoms with E-state index in [1.165, 1.54) is 18.7 Å². The largest absolute Gasteiger partial charge is 2.00 e. The number of ether oxygens (including phenoxy) is 4. The number of aliphatic carboxylic acids is 1. The van der Waals surface area contributed by atoms with Crippen LogP contribution in [0.5, 0.6) is 11.5 Å². The summed E-state index contributed by atoms with van der Waals surface area (Å²) in [5.74, 6) is -0.762. The number of aromatic hydroxyl groups is 1. The Bertz CT molecular complexity index is 675. The van der Waals surface area contributed by atoms with E-state index in [0.717, 1.165) is 0 Å². The van der Waals surface area contributed by atoms with Crippen LogP contribution >= 0.6 is 11.8 Å². The molecule has 0 spiro atoms. The van der Waals surface area contributed by atoms with Gasteiger partial charge in [-0.3, -0.25) is 4.99 Å². The first-order valence-electron chi connectivity index (χ1n) is 8.51. The summed E-state index contributed by atoms with van der Waals surface area (Å²) in [7, 11) is 1.61. The zero-order chi connectivity index (χ0) is 19.7. The summed E-state index contributed by atoms with van der Waals surface area (Å²) in [6.07, 6.45) is 0. The van der Waals surface area contributed by atoms with E-state index in [9.17, 15) is 15.0 Å². The number of aliphatic imine (C=N–C) groups is 1. The van der Waals surface area contributed by atoms with Gasteiger partial charge in [-0.25, -0.2) is 0 Å². The minimum absolute atomic E-state index is 0. The fourth-order valence-electron chi connectivity index (χ4n) is 2.23. The number of benzene rings is 1. The number of thioether (sulfide) groups is 1. The number of carboxylic acids is 1. The van der Waals surface area contributed by atoms with Crippen molar-refractivity contribution in [3.05, 3.63) is 23.8 Å². The standard InChI is InChI=1S/C18H25NO7S.Mg.H2O/c1-18(17(21)22)12-27-16(19-18)13-4-3-5-14(15(13)20)26-11-10-25-9-8-24-7-6-23-2;;/h3-5,20H,6-12H2,1-2H3,(H,21,22);;1H2/q;+2;/p-2. The Labute approximate surface area is 190 Å². The number of para-hydroxylation sites is 1. The topological polar surface area (TPSA) is 140 Å².